The molecule has 0 aliphatic carbocycles. The molecule has 2 rings (SSSR count). The Bertz CT molecular complexity index is 620. The van der Waals surface area contributed by atoms with E-state index >= 15 is 0 Å². The van der Waals surface area contributed by atoms with E-state index in [1.807, 2.05) is 18.2 Å². The quantitative estimate of drug-likeness (QED) is 0.830. The molecule has 0 atom stereocenters. The Balaban J connectivity index is 2.08. The largest absolute Gasteiger partial charge is 0.312 e. The van der Waals surface area contributed by atoms with Crippen LogP contribution in [0.15, 0.2) is 46.7 Å². The molecule has 1 N–H and O–H groups in total. The monoisotopic (exact) mass is 298 g/mol. The SMILES string of the molecule is CC(C)CNCc1ccc(Sc2ncccn2)c(C#N)c1. The van der Waals surface area contributed by atoms with Crippen molar-refractivity contribution in [2.45, 2.75) is 30.4 Å². The Morgan fingerprint density at radius 1 is 1.29 bits per heavy atom. The molecule has 108 valence electrons. The fraction of sp³-hybridized carbons (Fsp3) is 0.312. The van der Waals surface area contributed by atoms with Gasteiger partial charge in [0.1, 0.15) is 6.07 Å². The van der Waals surface area contributed by atoms with Gasteiger partial charge in [0.05, 0.1) is 5.56 Å². The van der Waals surface area contributed by atoms with E-state index in [1.54, 1.807) is 18.5 Å². The molecule has 1 aromatic heterocycles. The minimum absolute atomic E-state index is 0.616. The Kier molecular flexibility index (Phi) is 5.73. The van der Waals surface area contributed by atoms with Crippen LogP contribution in [0.3, 0.4) is 0 Å². The number of rotatable bonds is 6. The highest BCUT2D eigenvalue weighted by Crippen LogP contribution is 2.28. The lowest BCUT2D eigenvalue weighted by Crippen LogP contribution is -2.18. The maximum atomic E-state index is 9.31. The highest BCUT2D eigenvalue weighted by atomic mass is 32.2. The molecule has 0 saturated carbocycles. The number of hydrogen-bond donors (Lipinski definition) is 1. The topological polar surface area (TPSA) is 61.6 Å². The molecule has 1 aromatic carbocycles. The Hall–Kier alpha value is -1.90. The highest BCUT2D eigenvalue weighted by Gasteiger charge is 2.07. The van der Waals surface area contributed by atoms with E-state index in [2.05, 4.69) is 35.2 Å². The van der Waals surface area contributed by atoms with Crippen molar-refractivity contribution >= 4 is 11.8 Å². The van der Waals surface area contributed by atoms with E-state index in [9.17, 15) is 5.26 Å². The second-order valence-electron chi connectivity index (χ2n) is 5.10. The summed E-state index contributed by atoms with van der Waals surface area (Å²) in [5.74, 6) is 0.616. The van der Waals surface area contributed by atoms with Crippen LogP contribution in [-0.2, 0) is 6.54 Å². The standard InChI is InChI=1S/C16H18N4S/c1-12(2)10-18-11-13-4-5-15(14(8-13)9-17)21-16-19-6-3-7-20-16/h3-8,12,18H,10-11H2,1-2H3. The van der Waals surface area contributed by atoms with Crippen molar-refractivity contribution in [1.29, 1.82) is 5.26 Å². The summed E-state index contributed by atoms with van der Waals surface area (Å²) in [7, 11) is 0. The van der Waals surface area contributed by atoms with Gasteiger partial charge in [0, 0.05) is 23.8 Å². The molecule has 0 bridgehead atoms. The van der Waals surface area contributed by atoms with E-state index < -0.39 is 0 Å². The molecule has 21 heavy (non-hydrogen) atoms. The number of benzene rings is 1. The minimum Gasteiger partial charge on any atom is -0.312 e. The van der Waals surface area contributed by atoms with E-state index in [0.717, 1.165) is 23.5 Å². The lowest BCUT2D eigenvalue weighted by atomic mass is 10.1. The highest BCUT2D eigenvalue weighted by molar-refractivity contribution is 7.99. The Morgan fingerprint density at radius 3 is 2.71 bits per heavy atom. The molecule has 0 aliphatic heterocycles. The van der Waals surface area contributed by atoms with Gasteiger partial charge in [0.15, 0.2) is 5.16 Å². The molecule has 5 heteroatoms. The maximum absolute atomic E-state index is 9.31. The molecule has 0 amide bonds. The number of aromatic nitrogens is 2. The summed E-state index contributed by atoms with van der Waals surface area (Å²) in [5.41, 5.74) is 1.78. The van der Waals surface area contributed by atoms with Crippen molar-refractivity contribution in [3.8, 4) is 6.07 Å². The summed E-state index contributed by atoms with van der Waals surface area (Å²) < 4.78 is 0. The van der Waals surface area contributed by atoms with Gasteiger partial charge in [0.25, 0.3) is 0 Å². The van der Waals surface area contributed by atoms with Crippen molar-refractivity contribution in [3.63, 3.8) is 0 Å². The first kappa shape index (κ1) is 15.5. The van der Waals surface area contributed by atoms with Gasteiger partial charge in [0.2, 0.25) is 0 Å². The Labute approximate surface area is 129 Å². The summed E-state index contributed by atoms with van der Waals surface area (Å²) >= 11 is 1.41. The van der Waals surface area contributed by atoms with Crippen LogP contribution in [0.25, 0.3) is 0 Å². The van der Waals surface area contributed by atoms with Gasteiger partial charge in [-0.1, -0.05) is 19.9 Å². The van der Waals surface area contributed by atoms with Gasteiger partial charge in [-0.05, 0) is 48.0 Å². The van der Waals surface area contributed by atoms with E-state index in [0.29, 0.717) is 16.6 Å². The predicted octanol–water partition coefficient (Wildman–Crippen LogP) is 3.25. The number of nitrogens with one attached hydrogen (secondary N) is 1. The second-order valence-corrected chi connectivity index (χ2v) is 6.11. The fourth-order valence-corrected chi connectivity index (χ4v) is 2.58. The summed E-state index contributed by atoms with van der Waals surface area (Å²) in [6.45, 7) is 6.09. The van der Waals surface area contributed by atoms with Crippen LogP contribution in [0, 0.1) is 17.2 Å². The molecular formula is C16H18N4S. The molecule has 0 spiro atoms. The lowest BCUT2D eigenvalue weighted by Gasteiger charge is -2.09. The third kappa shape index (κ3) is 4.85. The first-order valence-corrected chi connectivity index (χ1v) is 7.69. The molecule has 1 heterocycles. The van der Waals surface area contributed by atoms with E-state index in [-0.39, 0.29) is 0 Å². The van der Waals surface area contributed by atoms with Crippen LogP contribution >= 0.6 is 11.8 Å². The first-order valence-electron chi connectivity index (χ1n) is 6.87. The van der Waals surface area contributed by atoms with Crippen LogP contribution < -0.4 is 5.32 Å². The van der Waals surface area contributed by atoms with E-state index in [4.69, 9.17) is 0 Å². The van der Waals surface area contributed by atoms with E-state index in [1.165, 1.54) is 11.8 Å². The smallest absolute Gasteiger partial charge is 0.192 e. The molecule has 0 aliphatic rings. The molecule has 0 unspecified atom stereocenters. The molecule has 4 nitrogen and oxygen atoms in total. The van der Waals surface area contributed by atoms with Gasteiger partial charge in [-0.2, -0.15) is 5.26 Å². The normalized spacial score (nSPS) is 10.6. The van der Waals surface area contributed by atoms with Crippen LogP contribution in [0.4, 0.5) is 0 Å². The van der Waals surface area contributed by atoms with Crippen LogP contribution in [0.1, 0.15) is 25.0 Å². The summed E-state index contributed by atoms with van der Waals surface area (Å²) in [5, 5.41) is 13.3. The molecular weight excluding hydrogens is 280 g/mol. The zero-order valence-electron chi connectivity index (χ0n) is 12.2. The molecule has 0 saturated heterocycles. The van der Waals surface area contributed by atoms with Gasteiger partial charge in [-0.15, -0.1) is 0 Å². The summed E-state index contributed by atoms with van der Waals surface area (Å²) in [4.78, 5) is 9.23. The lowest BCUT2D eigenvalue weighted by molar-refractivity contribution is 0.552. The Morgan fingerprint density at radius 2 is 2.05 bits per heavy atom. The van der Waals surface area contributed by atoms with Gasteiger partial charge < -0.3 is 5.32 Å². The zero-order chi connectivity index (χ0) is 15.1. The molecule has 0 fully saturated rings. The summed E-state index contributed by atoms with van der Waals surface area (Å²) in [6.07, 6.45) is 3.40. The van der Waals surface area contributed by atoms with Gasteiger partial charge in [-0.25, -0.2) is 9.97 Å². The van der Waals surface area contributed by atoms with Crippen molar-refractivity contribution in [3.05, 3.63) is 47.8 Å². The number of nitriles is 1. The fourth-order valence-electron chi connectivity index (χ4n) is 1.81. The average molecular weight is 298 g/mol. The first-order chi connectivity index (χ1) is 10.2. The van der Waals surface area contributed by atoms with Crippen molar-refractivity contribution < 1.29 is 0 Å². The number of hydrogen-bond acceptors (Lipinski definition) is 5. The van der Waals surface area contributed by atoms with Crippen molar-refractivity contribution in [2.24, 2.45) is 5.92 Å². The third-order valence-corrected chi connectivity index (χ3v) is 3.76. The van der Waals surface area contributed by atoms with Crippen LogP contribution in [0.2, 0.25) is 0 Å². The summed E-state index contributed by atoms with van der Waals surface area (Å²) in [6, 6.07) is 9.96. The third-order valence-electron chi connectivity index (χ3n) is 2.79. The number of nitrogens with zero attached hydrogens (tertiary/aromatic N) is 3. The minimum atomic E-state index is 0.616. The van der Waals surface area contributed by atoms with Crippen LogP contribution in [-0.4, -0.2) is 16.5 Å². The zero-order valence-corrected chi connectivity index (χ0v) is 13.0. The second kappa shape index (κ2) is 7.77. The van der Waals surface area contributed by atoms with Gasteiger partial charge >= 0.3 is 0 Å². The maximum Gasteiger partial charge on any atom is 0.192 e. The predicted molar refractivity (Wildman–Crippen MR) is 83.9 cm³/mol. The molecule has 2 aromatic rings. The average Bonchev–Trinajstić information content (AvgIpc) is 2.49. The van der Waals surface area contributed by atoms with Gasteiger partial charge in [-0.3, -0.25) is 0 Å². The molecule has 0 radical (unpaired) electrons. The van der Waals surface area contributed by atoms with Crippen LogP contribution in [0.5, 0.6) is 0 Å². The van der Waals surface area contributed by atoms with Crippen molar-refractivity contribution in [2.75, 3.05) is 6.54 Å². The van der Waals surface area contributed by atoms with Crippen molar-refractivity contribution in [1.82, 2.24) is 15.3 Å².